The topological polar surface area (TPSA) is 57.2 Å². The van der Waals surface area contributed by atoms with Crippen molar-refractivity contribution in [3.8, 4) is 11.4 Å². The van der Waals surface area contributed by atoms with E-state index in [0.29, 0.717) is 16.1 Å². The number of rotatable bonds is 5. The van der Waals surface area contributed by atoms with E-state index in [1.165, 1.54) is 18.4 Å². The molecule has 2 aliphatic heterocycles. The normalized spacial score (nSPS) is 22.9. The zero-order valence-electron chi connectivity index (χ0n) is 16.4. The maximum Gasteiger partial charge on any atom is 0.242 e. The standard InChI is InChI=1S/C20H27N5OS2/c1-14-5-7-15(8-6-14)19-21-22-20(27)25(19)13-18(26)24-11-16(17(12-24)28-2)23-9-3-4-10-23/h5-8,16-17H,3-4,9-13H2,1-2H3,(H,22,27). The van der Waals surface area contributed by atoms with Crippen LogP contribution >= 0.6 is 24.0 Å². The third-order valence-corrected chi connectivity index (χ3v) is 7.24. The second-order valence-corrected chi connectivity index (χ2v) is 9.15. The van der Waals surface area contributed by atoms with Crippen molar-refractivity contribution in [1.29, 1.82) is 0 Å². The number of carbonyl (C=O) groups excluding carboxylic acids is 1. The second kappa shape index (κ2) is 8.39. The molecule has 0 spiro atoms. The fraction of sp³-hybridized carbons (Fsp3) is 0.550. The van der Waals surface area contributed by atoms with Gasteiger partial charge in [-0.3, -0.25) is 19.4 Å². The molecule has 1 aromatic carbocycles. The molecular weight excluding hydrogens is 390 g/mol. The van der Waals surface area contributed by atoms with Crippen molar-refractivity contribution < 1.29 is 4.79 Å². The van der Waals surface area contributed by atoms with Crippen molar-refractivity contribution in [3.63, 3.8) is 0 Å². The summed E-state index contributed by atoms with van der Waals surface area (Å²) in [5.41, 5.74) is 2.15. The molecule has 2 fully saturated rings. The molecule has 3 heterocycles. The SMILES string of the molecule is CSC1CN(C(=O)Cn2c(-c3ccc(C)cc3)n[nH]c2=S)CC1N1CCCC1. The summed E-state index contributed by atoms with van der Waals surface area (Å²) in [6, 6.07) is 8.59. The molecule has 0 saturated carbocycles. The number of nitrogens with one attached hydrogen (secondary N) is 1. The van der Waals surface area contributed by atoms with Crippen molar-refractivity contribution in [3.05, 3.63) is 34.6 Å². The van der Waals surface area contributed by atoms with Crippen LogP contribution in [0.25, 0.3) is 11.4 Å². The molecule has 2 unspecified atom stereocenters. The van der Waals surface area contributed by atoms with Gasteiger partial charge in [-0.15, -0.1) is 0 Å². The van der Waals surface area contributed by atoms with Gasteiger partial charge in [0.25, 0.3) is 0 Å². The van der Waals surface area contributed by atoms with Crippen molar-refractivity contribution in [2.75, 3.05) is 32.4 Å². The number of aromatic nitrogens is 3. The number of likely N-dealkylation sites (tertiary alicyclic amines) is 2. The summed E-state index contributed by atoms with van der Waals surface area (Å²) in [7, 11) is 0. The third-order valence-electron chi connectivity index (χ3n) is 5.86. The lowest BCUT2D eigenvalue weighted by Crippen LogP contribution is -2.40. The van der Waals surface area contributed by atoms with Gasteiger partial charge in [0.15, 0.2) is 10.6 Å². The Morgan fingerprint density at radius 1 is 1.25 bits per heavy atom. The highest BCUT2D eigenvalue weighted by Crippen LogP contribution is 2.28. The van der Waals surface area contributed by atoms with Crippen molar-refractivity contribution in [2.45, 2.75) is 37.6 Å². The minimum absolute atomic E-state index is 0.117. The van der Waals surface area contributed by atoms with Crippen LogP contribution < -0.4 is 0 Å². The molecule has 0 radical (unpaired) electrons. The monoisotopic (exact) mass is 417 g/mol. The molecule has 4 rings (SSSR count). The average Bonchev–Trinajstić information content (AvgIpc) is 3.43. The van der Waals surface area contributed by atoms with Crippen LogP contribution in [0.5, 0.6) is 0 Å². The molecule has 0 aliphatic carbocycles. The van der Waals surface area contributed by atoms with Crippen LogP contribution in [0, 0.1) is 11.7 Å². The Labute approximate surface area is 175 Å². The molecule has 6 nitrogen and oxygen atoms in total. The van der Waals surface area contributed by atoms with Crippen molar-refractivity contribution in [1.82, 2.24) is 24.6 Å². The highest BCUT2D eigenvalue weighted by atomic mass is 32.2. The molecule has 1 aromatic heterocycles. The number of carbonyl (C=O) groups is 1. The van der Waals surface area contributed by atoms with Gasteiger partial charge in [-0.2, -0.15) is 16.9 Å². The van der Waals surface area contributed by atoms with Crippen LogP contribution in [-0.4, -0.2) is 74.2 Å². The molecule has 2 aliphatic rings. The lowest BCUT2D eigenvalue weighted by molar-refractivity contribution is -0.130. The predicted octanol–water partition coefficient (Wildman–Crippen LogP) is 2.95. The number of thioether (sulfide) groups is 1. The first-order valence-corrected chi connectivity index (χ1v) is 11.5. The van der Waals surface area contributed by atoms with Crippen LogP contribution in [0.3, 0.4) is 0 Å². The van der Waals surface area contributed by atoms with Gasteiger partial charge in [0.1, 0.15) is 6.54 Å². The maximum atomic E-state index is 13.1. The number of aromatic amines is 1. The number of benzene rings is 1. The van der Waals surface area contributed by atoms with Crippen LogP contribution in [0.2, 0.25) is 0 Å². The first kappa shape index (κ1) is 19.7. The number of H-pyrrole nitrogens is 1. The van der Waals surface area contributed by atoms with E-state index in [2.05, 4.69) is 28.3 Å². The third kappa shape index (κ3) is 3.90. The van der Waals surface area contributed by atoms with Crippen LogP contribution in [0.1, 0.15) is 18.4 Å². The highest BCUT2D eigenvalue weighted by Gasteiger charge is 2.39. The Bertz CT molecular complexity index is 885. The molecule has 1 N–H and O–H groups in total. The van der Waals surface area contributed by atoms with E-state index in [0.717, 1.165) is 37.6 Å². The van der Waals surface area contributed by atoms with Gasteiger partial charge in [-0.1, -0.05) is 29.8 Å². The van der Waals surface area contributed by atoms with Gasteiger partial charge in [0.05, 0.1) is 0 Å². The average molecular weight is 418 g/mol. The van der Waals surface area contributed by atoms with Gasteiger partial charge in [-0.05, 0) is 51.3 Å². The summed E-state index contributed by atoms with van der Waals surface area (Å²) in [5, 5.41) is 7.70. The molecule has 150 valence electrons. The van der Waals surface area contributed by atoms with Crippen LogP contribution in [0.4, 0.5) is 0 Å². The van der Waals surface area contributed by atoms with Crippen molar-refractivity contribution >= 4 is 29.9 Å². The zero-order chi connectivity index (χ0) is 19.7. The maximum absolute atomic E-state index is 13.1. The summed E-state index contributed by atoms with van der Waals surface area (Å²) in [4.78, 5) is 17.7. The Hall–Kier alpha value is -1.64. The number of hydrogen-bond acceptors (Lipinski definition) is 5. The summed E-state index contributed by atoms with van der Waals surface area (Å²) in [6.07, 6.45) is 4.70. The fourth-order valence-corrected chi connectivity index (χ4v) is 5.34. The quantitative estimate of drug-likeness (QED) is 0.758. The molecule has 0 bridgehead atoms. The van der Waals surface area contributed by atoms with Crippen LogP contribution in [-0.2, 0) is 11.3 Å². The minimum Gasteiger partial charge on any atom is -0.338 e. The summed E-state index contributed by atoms with van der Waals surface area (Å²) in [6.45, 7) is 6.23. The van der Waals surface area contributed by atoms with Gasteiger partial charge in [-0.25, -0.2) is 0 Å². The smallest absolute Gasteiger partial charge is 0.242 e. The minimum atomic E-state index is 0.117. The molecule has 8 heteroatoms. The van der Waals surface area contributed by atoms with Gasteiger partial charge < -0.3 is 4.90 Å². The second-order valence-electron chi connectivity index (χ2n) is 7.69. The lowest BCUT2D eigenvalue weighted by Gasteiger charge is -2.27. The van der Waals surface area contributed by atoms with Crippen LogP contribution in [0.15, 0.2) is 24.3 Å². The van der Waals surface area contributed by atoms with Gasteiger partial charge in [0, 0.05) is 29.9 Å². The lowest BCUT2D eigenvalue weighted by atomic mass is 10.1. The van der Waals surface area contributed by atoms with Gasteiger partial charge >= 0.3 is 0 Å². The zero-order valence-corrected chi connectivity index (χ0v) is 18.1. The summed E-state index contributed by atoms with van der Waals surface area (Å²) < 4.78 is 2.31. The summed E-state index contributed by atoms with van der Waals surface area (Å²) in [5.74, 6) is 0.835. The number of aryl methyl sites for hydroxylation is 1. The Balaban J connectivity index is 1.50. The highest BCUT2D eigenvalue weighted by molar-refractivity contribution is 7.99. The van der Waals surface area contributed by atoms with E-state index in [9.17, 15) is 4.79 Å². The molecule has 1 amide bonds. The number of hydrogen-bond donors (Lipinski definition) is 1. The molecule has 2 aromatic rings. The van der Waals surface area contributed by atoms with E-state index in [4.69, 9.17) is 12.2 Å². The fourth-order valence-electron chi connectivity index (χ4n) is 4.24. The largest absolute Gasteiger partial charge is 0.338 e. The first-order chi connectivity index (χ1) is 13.6. The molecule has 2 saturated heterocycles. The molecule has 2 atom stereocenters. The van der Waals surface area contributed by atoms with Crippen molar-refractivity contribution in [2.24, 2.45) is 0 Å². The van der Waals surface area contributed by atoms with E-state index >= 15 is 0 Å². The first-order valence-electron chi connectivity index (χ1n) is 9.83. The van der Waals surface area contributed by atoms with E-state index in [-0.39, 0.29) is 12.5 Å². The molecule has 28 heavy (non-hydrogen) atoms. The summed E-state index contributed by atoms with van der Waals surface area (Å²) >= 11 is 7.29. The Kier molecular flexibility index (Phi) is 5.89. The van der Waals surface area contributed by atoms with E-state index in [1.807, 2.05) is 45.5 Å². The van der Waals surface area contributed by atoms with Gasteiger partial charge in [0.2, 0.25) is 5.91 Å². The number of nitrogens with zero attached hydrogens (tertiary/aromatic N) is 4. The number of amides is 1. The predicted molar refractivity (Wildman–Crippen MR) is 116 cm³/mol. The molecular formula is C20H27N5OS2. The van der Waals surface area contributed by atoms with E-state index < -0.39 is 0 Å². The van der Waals surface area contributed by atoms with E-state index in [1.54, 1.807) is 0 Å². The Morgan fingerprint density at radius 3 is 2.64 bits per heavy atom. The Morgan fingerprint density at radius 2 is 1.96 bits per heavy atom.